The second kappa shape index (κ2) is 9.62. The summed E-state index contributed by atoms with van der Waals surface area (Å²) in [5, 5.41) is 2.74. The quantitative estimate of drug-likeness (QED) is 0.585. The van der Waals surface area contributed by atoms with Crippen molar-refractivity contribution in [2.24, 2.45) is 11.8 Å². The fraction of sp³-hybridized carbons (Fsp3) is 0.696. The monoisotopic (exact) mass is 513 g/mol. The Bertz CT molecular complexity index is 1110. The normalized spacial score (nSPS) is 28.2. The predicted octanol–water partition coefficient (Wildman–Crippen LogP) is 3.08. The van der Waals surface area contributed by atoms with Gasteiger partial charge in [-0.05, 0) is 40.2 Å². The maximum Gasteiger partial charge on any atom is 0.410 e. The summed E-state index contributed by atoms with van der Waals surface area (Å²) in [6.07, 6.45) is 2.67. The first-order valence-electron chi connectivity index (χ1n) is 11.6. The molecule has 2 fully saturated rings. The Morgan fingerprint density at radius 1 is 1.26 bits per heavy atom. The van der Waals surface area contributed by atoms with E-state index < -0.39 is 32.6 Å². The summed E-state index contributed by atoms with van der Waals surface area (Å²) < 4.78 is 60.7. The zero-order chi connectivity index (χ0) is 25.5. The van der Waals surface area contributed by atoms with Crippen molar-refractivity contribution in [3.05, 3.63) is 29.7 Å². The minimum Gasteiger partial charge on any atom is -0.444 e. The predicted molar refractivity (Wildman–Crippen MR) is 124 cm³/mol. The highest BCUT2D eigenvalue weighted by molar-refractivity contribution is 7.91. The van der Waals surface area contributed by atoms with E-state index in [0.717, 1.165) is 12.3 Å². The van der Waals surface area contributed by atoms with Crippen LogP contribution in [0.3, 0.4) is 0 Å². The van der Waals surface area contributed by atoms with Gasteiger partial charge in [-0.15, -0.1) is 0 Å². The summed E-state index contributed by atoms with van der Waals surface area (Å²) in [5.74, 6) is -0.420. The number of carbonyl (C=O) groups is 1. The van der Waals surface area contributed by atoms with Crippen molar-refractivity contribution in [1.29, 1.82) is 0 Å². The lowest BCUT2D eigenvalue weighted by molar-refractivity contribution is -0.168. The molecule has 0 saturated carbocycles. The van der Waals surface area contributed by atoms with Gasteiger partial charge in [-0.3, -0.25) is 0 Å². The van der Waals surface area contributed by atoms with Crippen LogP contribution in [0.1, 0.15) is 51.9 Å². The van der Waals surface area contributed by atoms with Crippen LogP contribution in [0.2, 0.25) is 0 Å². The van der Waals surface area contributed by atoms with E-state index >= 15 is 0 Å². The van der Waals surface area contributed by atoms with Gasteiger partial charge in [-0.25, -0.2) is 17.6 Å². The molecule has 0 radical (unpaired) electrons. The van der Waals surface area contributed by atoms with Gasteiger partial charge in [0.05, 0.1) is 19.3 Å². The molecule has 1 amide bonds. The van der Waals surface area contributed by atoms with Gasteiger partial charge in [0.2, 0.25) is 5.82 Å². The molecule has 1 aliphatic carbocycles. The second-order valence-electron chi connectivity index (χ2n) is 10.4. The van der Waals surface area contributed by atoms with E-state index in [-0.39, 0.29) is 42.2 Å². The maximum absolute atomic E-state index is 14.3. The maximum atomic E-state index is 14.3. The highest BCUT2D eigenvalue weighted by Gasteiger charge is 2.44. The van der Waals surface area contributed by atoms with Crippen LogP contribution in [0.4, 0.5) is 9.18 Å². The van der Waals surface area contributed by atoms with Gasteiger partial charge in [0.15, 0.2) is 9.84 Å². The van der Waals surface area contributed by atoms with Crippen LogP contribution < -0.4 is 0 Å². The number of hydrogen-bond acceptors (Lipinski definition) is 9. The number of sulfone groups is 1. The highest BCUT2D eigenvalue weighted by atomic mass is 32.2. The molecule has 2 aliphatic heterocycles. The van der Waals surface area contributed by atoms with Crippen LogP contribution in [0.15, 0.2) is 22.5 Å². The number of halogens is 1. The minimum absolute atomic E-state index is 0.00596. The van der Waals surface area contributed by atoms with Gasteiger partial charge >= 0.3 is 6.09 Å². The molecular weight excluding hydrogens is 481 g/mol. The Hall–Kier alpha value is -2.31. The van der Waals surface area contributed by atoms with Crippen molar-refractivity contribution >= 4 is 21.5 Å². The number of hydrogen-bond donors (Lipinski definition) is 0. The van der Waals surface area contributed by atoms with Crippen molar-refractivity contribution in [2.45, 2.75) is 57.2 Å². The van der Waals surface area contributed by atoms with Crippen LogP contribution in [-0.4, -0.2) is 79.1 Å². The molecule has 0 N–H and O–H groups in total. The number of carbonyl (C=O) groups excluding carboxylic acids is 1. The average molecular weight is 514 g/mol. The first-order valence-corrected chi connectivity index (χ1v) is 13.6. The summed E-state index contributed by atoms with van der Waals surface area (Å²) in [4.78, 5) is 18.6. The molecular formula is C23H32FN3O7S. The zero-order valence-electron chi connectivity index (χ0n) is 20.6. The molecule has 4 atom stereocenters. The molecule has 0 spiro atoms. The number of amides is 1. The number of likely N-dealkylation sites (tertiary alicyclic amines) is 1. The molecule has 35 heavy (non-hydrogen) atoms. The lowest BCUT2D eigenvalue weighted by Gasteiger charge is -2.47. The lowest BCUT2D eigenvalue weighted by atomic mass is 9.84. The third kappa shape index (κ3) is 5.92. The van der Waals surface area contributed by atoms with Crippen LogP contribution in [0.5, 0.6) is 0 Å². The van der Waals surface area contributed by atoms with Crippen LogP contribution in [0, 0.1) is 11.8 Å². The molecule has 1 aromatic rings. The van der Waals surface area contributed by atoms with Crippen molar-refractivity contribution in [2.75, 3.05) is 32.6 Å². The van der Waals surface area contributed by atoms with E-state index in [4.69, 9.17) is 18.7 Å². The van der Waals surface area contributed by atoms with Crippen LogP contribution in [-0.2, 0) is 24.0 Å². The van der Waals surface area contributed by atoms with E-state index in [9.17, 15) is 17.6 Å². The number of ether oxygens (including phenoxy) is 3. The SMILES string of the molecule is C[C@@H](OC1C2COCC1CN(C(=O)OC(C)(C)C)C2)c1nc(C2=CCC(S(C)(=O)=O)C(F)=C2)no1. The van der Waals surface area contributed by atoms with E-state index in [1.54, 1.807) is 17.9 Å². The third-order valence-corrected chi connectivity index (χ3v) is 7.68. The molecule has 2 bridgehead atoms. The molecule has 0 aromatic carbocycles. The number of nitrogens with zero attached hydrogens (tertiary/aromatic N) is 3. The Labute approximate surface area is 204 Å². The molecule has 3 aliphatic rings. The molecule has 3 heterocycles. The zero-order valence-corrected chi connectivity index (χ0v) is 21.4. The molecule has 10 nitrogen and oxygen atoms in total. The molecule has 12 heteroatoms. The number of rotatable bonds is 5. The van der Waals surface area contributed by atoms with E-state index in [1.165, 1.54) is 0 Å². The van der Waals surface area contributed by atoms with E-state index in [1.807, 2.05) is 20.8 Å². The van der Waals surface area contributed by atoms with Crippen molar-refractivity contribution in [3.63, 3.8) is 0 Å². The van der Waals surface area contributed by atoms with Gasteiger partial charge in [-0.2, -0.15) is 4.98 Å². The van der Waals surface area contributed by atoms with Crippen LogP contribution in [0.25, 0.3) is 5.57 Å². The number of allylic oxidation sites excluding steroid dienone is 3. The van der Waals surface area contributed by atoms with Crippen molar-refractivity contribution in [3.8, 4) is 0 Å². The van der Waals surface area contributed by atoms with Gasteiger partial charge in [0, 0.05) is 36.8 Å². The van der Waals surface area contributed by atoms with E-state index in [0.29, 0.717) is 31.9 Å². The van der Waals surface area contributed by atoms with Gasteiger partial charge < -0.3 is 23.6 Å². The lowest BCUT2D eigenvalue weighted by Crippen LogP contribution is -2.58. The van der Waals surface area contributed by atoms with Gasteiger partial charge in [0.1, 0.15) is 22.8 Å². The summed E-state index contributed by atoms with van der Waals surface area (Å²) in [6, 6.07) is 0. The molecule has 1 aromatic heterocycles. The fourth-order valence-corrected chi connectivity index (χ4v) is 5.51. The Morgan fingerprint density at radius 3 is 2.49 bits per heavy atom. The standard InChI is InChI=1S/C23H32FN3O7S/c1-13(21-25-20(26-34-21)14-6-7-18(17(24)8-14)35(5,29)30)32-19-15-9-27(10-16(19)12-31-11-15)22(28)33-23(2,3)4/h6,8,13,15-16,18-19H,7,9-12H2,1-5H3/t13-,15?,16?,18?,19?/m1/s1. The number of aromatic nitrogens is 2. The molecule has 4 rings (SSSR count). The van der Waals surface area contributed by atoms with Gasteiger partial charge in [0.25, 0.3) is 5.89 Å². The Kier molecular flexibility index (Phi) is 7.09. The Morgan fingerprint density at radius 2 is 1.91 bits per heavy atom. The second-order valence-corrected chi connectivity index (χ2v) is 12.6. The first kappa shape index (κ1) is 25.8. The smallest absolute Gasteiger partial charge is 0.410 e. The summed E-state index contributed by atoms with van der Waals surface area (Å²) in [6.45, 7) is 9.13. The average Bonchev–Trinajstić information content (AvgIpc) is 3.21. The molecule has 3 unspecified atom stereocenters. The van der Waals surface area contributed by atoms with E-state index in [2.05, 4.69) is 10.1 Å². The summed E-state index contributed by atoms with van der Waals surface area (Å²) >= 11 is 0. The highest BCUT2D eigenvalue weighted by Crippen LogP contribution is 2.35. The fourth-order valence-electron chi connectivity index (χ4n) is 4.59. The third-order valence-electron chi connectivity index (χ3n) is 6.23. The number of fused-ring (bicyclic) bond motifs is 2. The topological polar surface area (TPSA) is 121 Å². The number of piperidine rings is 1. The minimum atomic E-state index is -3.55. The van der Waals surface area contributed by atoms with Crippen LogP contribution >= 0.6 is 0 Å². The molecule has 2 saturated heterocycles. The largest absolute Gasteiger partial charge is 0.444 e. The summed E-state index contributed by atoms with van der Waals surface area (Å²) in [5.41, 5.74) is -0.210. The summed E-state index contributed by atoms with van der Waals surface area (Å²) in [7, 11) is -3.55. The van der Waals surface area contributed by atoms with Crippen molar-refractivity contribution in [1.82, 2.24) is 15.0 Å². The Balaban J connectivity index is 1.41. The van der Waals surface area contributed by atoms with Crippen molar-refractivity contribution < 1.29 is 36.3 Å². The van der Waals surface area contributed by atoms with Gasteiger partial charge in [-0.1, -0.05) is 11.2 Å². The first-order chi connectivity index (χ1) is 16.3. The molecule has 194 valence electrons.